The summed E-state index contributed by atoms with van der Waals surface area (Å²) in [7, 11) is 0. The van der Waals surface area contributed by atoms with Crippen LogP contribution in [0, 0.1) is 12.7 Å². The summed E-state index contributed by atoms with van der Waals surface area (Å²) in [5.41, 5.74) is 3.70. The molecule has 5 rings (SSSR count). The molecule has 0 atom stereocenters. The second-order valence-electron chi connectivity index (χ2n) is 8.82. The second kappa shape index (κ2) is 9.65. The molecule has 0 aliphatic carbocycles. The molecule has 0 unspecified atom stereocenters. The van der Waals surface area contributed by atoms with Crippen molar-refractivity contribution >= 4 is 17.7 Å². The Hall–Kier alpha value is -4.27. The molecule has 1 aliphatic heterocycles. The highest BCUT2D eigenvalue weighted by Gasteiger charge is 2.31. The van der Waals surface area contributed by atoms with Gasteiger partial charge in [-0.05, 0) is 60.0 Å². The molecule has 3 heterocycles. The Balaban J connectivity index is 1.43. The van der Waals surface area contributed by atoms with Gasteiger partial charge in [0, 0.05) is 42.8 Å². The van der Waals surface area contributed by atoms with Crippen LogP contribution in [0.1, 0.15) is 44.0 Å². The van der Waals surface area contributed by atoms with E-state index in [2.05, 4.69) is 19.9 Å². The number of nitrogens with zero attached hydrogens (tertiary/aromatic N) is 4. The van der Waals surface area contributed by atoms with Crippen molar-refractivity contribution in [3.8, 4) is 11.3 Å². The molecule has 186 valence electrons. The molecule has 0 amide bonds. The van der Waals surface area contributed by atoms with Crippen LogP contribution in [0.5, 0.6) is 0 Å². The van der Waals surface area contributed by atoms with Crippen molar-refractivity contribution in [2.45, 2.75) is 32.4 Å². The largest absolute Gasteiger partial charge is 0.416 e. The summed E-state index contributed by atoms with van der Waals surface area (Å²) in [5.74, 6) is -1.21. The number of alkyl halides is 3. The first-order chi connectivity index (χ1) is 17.7. The van der Waals surface area contributed by atoms with Gasteiger partial charge in [0.05, 0.1) is 17.0 Å². The van der Waals surface area contributed by atoms with Crippen molar-refractivity contribution in [1.29, 1.82) is 0 Å². The molecule has 0 radical (unpaired) electrons. The first-order valence-electron chi connectivity index (χ1n) is 11.5. The van der Waals surface area contributed by atoms with Gasteiger partial charge in [-0.25, -0.2) is 14.4 Å². The number of hydrogen-bond acceptors (Lipinski definition) is 5. The van der Waals surface area contributed by atoms with Crippen LogP contribution in [0.3, 0.4) is 0 Å². The summed E-state index contributed by atoms with van der Waals surface area (Å²) >= 11 is 0. The Morgan fingerprint density at radius 2 is 1.86 bits per heavy atom. The molecular formula is C28H20F4N4O. The number of aromatic nitrogens is 3. The van der Waals surface area contributed by atoms with Gasteiger partial charge in [0.1, 0.15) is 23.5 Å². The van der Waals surface area contributed by atoms with E-state index < -0.39 is 23.3 Å². The number of fused-ring (bicyclic) bond motifs is 1. The number of hydrogen-bond donors (Lipinski definition) is 0. The molecule has 0 fully saturated rings. The molecule has 4 aromatic rings. The molecule has 0 bridgehead atoms. The molecule has 0 saturated carbocycles. The highest BCUT2D eigenvalue weighted by atomic mass is 19.4. The number of halogens is 4. The van der Waals surface area contributed by atoms with Crippen LogP contribution in [0.25, 0.3) is 11.3 Å². The van der Waals surface area contributed by atoms with Gasteiger partial charge in [-0.15, -0.1) is 0 Å². The molecular weight excluding hydrogens is 484 g/mol. The molecule has 0 N–H and O–H groups in total. The lowest BCUT2D eigenvalue weighted by atomic mass is 9.96. The fraction of sp³-hybridized carbons (Fsp3) is 0.179. The van der Waals surface area contributed by atoms with Crippen LogP contribution < -0.4 is 0 Å². The highest BCUT2D eigenvalue weighted by molar-refractivity contribution is 5.98. The van der Waals surface area contributed by atoms with Crippen molar-refractivity contribution in [2.75, 3.05) is 0 Å². The van der Waals surface area contributed by atoms with Gasteiger partial charge in [0.2, 0.25) is 0 Å². The summed E-state index contributed by atoms with van der Waals surface area (Å²) in [6.45, 7) is 1.48. The first-order valence-corrected chi connectivity index (χ1v) is 11.5. The zero-order chi connectivity index (χ0) is 26.2. The standard InChI is InChI=1S/C28H20F4N4O/c1-16-9-19(13-20(10-16)28(30,31)32)25(37)14-18-11-17(4-5-22(18)29)12-24-21(3-2-7-33-24)26-27-23(6-8-34-27)35-15-36-26/h2-5,7-11,13,15H,6,12,14H2,1H3. The van der Waals surface area contributed by atoms with E-state index in [9.17, 15) is 22.4 Å². The van der Waals surface area contributed by atoms with Crippen LogP contribution in [0.4, 0.5) is 23.2 Å². The number of benzene rings is 2. The van der Waals surface area contributed by atoms with Gasteiger partial charge < -0.3 is 0 Å². The van der Waals surface area contributed by atoms with E-state index in [0.29, 0.717) is 41.0 Å². The van der Waals surface area contributed by atoms with Crippen LogP contribution in [-0.4, -0.2) is 26.9 Å². The molecule has 2 aromatic carbocycles. The lowest BCUT2D eigenvalue weighted by molar-refractivity contribution is -0.137. The minimum Gasteiger partial charge on any atom is -0.294 e. The zero-order valence-electron chi connectivity index (χ0n) is 19.7. The highest BCUT2D eigenvalue weighted by Crippen LogP contribution is 2.35. The van der Waals surface area contributed by atoms with Gasteiger partial charge in [0.25, 0.3) is 0 Å². The summed E-state index contributed by atoms with van der Waals surface area (Å²) in [5, 5.41) is 0. The smallest absolute Gasteiger partial charge is 0.294 e. The molecule has 0 spiro atoms. The Kier molecular flexibility index (Phi) is 6.37. The Bertz CT molecular complexity index is 1550. The number of rotatable bonds is 6. The van der Waals surface area contributed by atoms with Gasteiger partial charge in [-0.1, -0.05) is 12.1 Å². The van der Waals surface area contributed by atoms with Crippen LogP contribution in [0.15, 0.2) is 66.0 Å². The van der Waals surface area contributed by atoms with Crippen LogP contribution >= 0.6 is 0 Å². The SMILES string of the molecule is Cc1cc(C(=O)Cc2cc(Cc3ncccc3-c3ncnc4c3N=CC4)ccc2F)cc(C(F)(F)F)c1. The van der Waals surface area contributed by atoms with E-state index in [1.807, 2.05) is 6.07 Å². The predicted molar refractivity (Wildman–Crippen MR) is 131 cm³/mol. The summed E-state index contributed by atoms with van der Waals surface area (Å²) in [4.78, 5) is 30.4. The fourth-order valence-corrected chi connectivity index (χ4v) is 4.36. The Morgan fingerprint density at radius 1 is 1.03 bits per heavy atom. The van der Waals surface area contributed by atoms with E-state index in [1.54, 1.807) is 30.6 Å². The maximum absolute atomic E-state index is 14.6. The number of pyridine rings is 1. The number of carbonyl (C=O) groups excluding carboxylic acids is 1. The van der Waals surface area contributed by atoms with Crippen LogP contribution in [-0.2, 0) is 25.4 Å². The molecule has 0 saturated heterocycles. The molecule has 2 aromatic heterocycles. The van der Waals surface area contributed by atoms with Crippen molar-refractivity contribution < 1.29 is 22.4 Å². The van der Waals surface area contributed by atoms with Gasteiger partial charge in [-0.2, -0.15) is 13.2 Å². The zero-order valence-corrected chi connectivity index (χ0v) is 19.7. The van der Waals surface area contributed by atoms with Gasteiger partial charge in [-0.3, -0.25) is 14.8 Å². The minimum atomic E-state index is -4.58. The predicted octanol–water partition coefficient (Wildman–Crippen LogP) is 6.28. The average molecular weight is 504 g/mol. The number of aliphatic imine (C=N–C) groups is 1. The maximum atomic E-state index is 14.6. The summed E-state index contributed by atoms with van der Waals surface area (Å²) in [6, 6.07) is 11.2. The third-order valence-corrected chi connectivity index (χ3v) is 6.11. The van der Waals surface area contributed by atoms with Crippen molar-refractivity contribution in [3.05, 3.63) is 106 Å². The summed E-state index contributed by atoms with van der Waals surface area (Å²) < 4.78 is 54.2. The lowest BCUT2D eigenvalue weighted by Crippen LogP contribution is -2.11. The normalized spacial score (nSPS) is 12.6. The molecule has 5 nitrogen and oxygen atoms in total. The van der Waals surface area contributed by atoms with Gasteiger partial charge >= 0.3 is 6.18 Å². The average Bonchev–Trinajstić information content (AvgIpc) is 3.35. The number of aryl methyl sites for hydroxylation is 1. The molecule has 1 aliphatic rings. The second-order valence-corrected chi connectivity index (χ2v) is 8.82. The third kappa shape index (κ3) is 5.16. The monoisotopic (exact) mass is 504 g/mol. The maximum Gasteiger partial charge on any atom is 0.416 e. The van der Waals surface area contributed by atoms with E-state index in [1.165, 1.54) is 25.4 Å². The lowest BCUT2D eigenvalue weighted by Gasteiger charge is -2.12. The van der Waals surface area contributed by atoms with E-state index in [0.717, 1.165) is 23.4 Å². The Labute approximate surface area is 210 Å². The topological polar surface area (TPSA) is 68.1 Å². The van der Waals surface area contributed by atoms with Gasteiger partial charge in [0.15, 0.2) is 5.78 Å². The number of ketones is 1. The van der Waals surface area contributed by atoms with E-state index >= 15 is 0 Å². The Morgan fingerprint density at radius 3 is 2.68 bits per heavy atom. The van der Waals surface area contributed by atoms with Crippen LogP contribution in [0.2, 0.25) is 0 Å². The number of Topliss-reactive ketones (excluding diaryl/α,β-unsaturated/α-hetero) is 1. The number of carbonyl (C=O) groups is 1. The molecule has 37 heavy (non-hydrogen) atoms. The molecule has 9 heteroatoms. The van der Waals surface area contributed by atoms with Crippen molar-refractivity contribution in [3.63, 3.8) is 0 Å². The van der Waals surface area contributed by atoms with Crippen molar-refractivity contribution in [2.24, 2.45) is 4.99 Å². The first kappa shape index (κ1) is 24.4. The van der Waals surface area contributed by atoms with Crippen molar-refractivity contribution in [1.82, 2.24) is 15.0 Å². The minimum absolute atomic E-state index is 0.0996. The van der Waals surface area contributed by atoms with E-state index in [-0.39, 0.29) is 17.5 Å². The summed E-state index contributed by atoms with van der Waals surface area (Å²) in [6.07, 6.45) is 0.896. The van der Waals surface area contributed by atoms with E-state index in [4.69, 9.17) is 0 Å². The third-order valence-electron chi connectivity index (χ3n) is 6.11. The fourth-order valence-electron chi connectivity index (χ4n) is 4.36. The quantitative estimate of drug-likeness (QED) is 0.229.